The average Bonchev–Trinajstić information content (AvgIpc) is 2.81. The topological polar surface area (TPSA) is 42.1 Å². The number of hydrogen-bond acceptors (Lipinski definition) is 3. The van der Waals surface area contributed by atoms with Gasteiger partial charge < -0.3 is 5.73 Å². The number of hydrogen-bond donors (Lipinski definition) is 1. The highest BCUT2D eigenvalue weighted by molar-refractivity contribution is 5.16. The second-order valence-corrected chi connectivity index (χ2v) is 4.47. The fourth-order valence-electron chi connectivity index (χ4n) is 2.71. The molecule has 1 aromatic heterocycles. The van der Waals surface area contributed by atoms with Crippen molar-refractivity contribution < 1.29 is 0 Å². The number of nitrogens with two attached hydrogens (primary N) is 1. The molecule has 88 valence electrons. The predicted octanol–water partition coefficient (Wildman–Crippen LogP) is 1.96. The van der Waals surface area contributed by atoms with Crippen molar-refractivity contribution in [2.24, 2.45) is 5.73 Å². The zero-order valence-corrected chi connectivity index (χ0v) is 9.97. The van der Waals surface area contributed by atoms with Crippen molar-refractivity contribution >= 4 is 0 Å². The molecule has 0 amide bonds. The van der Waals surface area contributed by atoms with Gasteiger partial charge in [-0.2, -0.15) is 0 Å². The minimum absolute atomic E-state index is 0.528. The van der Waals surface area contributed by atoms with Crippen molar-refractivity contribution in [3.05, 3.63) is 30.1 Å². The summed E-state index contributed by atoms with van der Waals surface area (Å²) in [6.45, 7) is 4.17. The van der Waals surface area contributed by atoms with E-state index in [-0.39, 0.29) is 0 Å². The van der Waals surface area contributed by atoms with E-state index in [0.717, 1.165) is 13.0 Å². The van der Waals surface area contributed by atoms with Gasteiger partial charge in [-0.05, 0) is 43.5 Å². The molecule has 1 aliphatic rings. The molecule has 3 nitrogen and oxygen atoms in total. The normalized spacial score (nSPS) is 23.5. The van der Waals surface area contributed by atoms with Crippen LogP contribution in [-0.2, 0) is 0 Å². The van der Waals surface area contributed by atoms with Gasteiger partial charge in [0.05, 0.1) is 0 Å². The van der Waals surface area contributed by atoms with Crippen LogP contribution < -0.4 is 5.73 Å². The molecule has 2 N–H and O–H groups in total. The lowest BCUT2D eigenvalue weighted by Crippen LogP contribution is -2.39. The SMILES string of the molecule is CCC(CN)N1CCCC1c1ccncc1. The summed E-state index contributed by atoms with van der Waals surface area (Å²) in [5, 5.41) is 0. The van der Waals surface area contributed by atoms with E-state index >= 15 is 0 Å². The smallest absolute Gasteiger partial charge is 0.0353 e. The minimum Gasteiger partial charge on any atom is -0.329 e. The van der Waals surface area contributed by atoms with Gasteiger partial charge >= 0.3 is 0 Å². The number of pyridine rings is 1. The number of nitrogens with zero attached hydrogens (tertiary/aromatic N) is 2. The highest BCUT2D eigenvalue weighted by atomic mass is 15.2. The molecule has 2 heterocycles. The second-order valence-electron chi connectivity index (χ2n) is 4.47. The highest BCUT2D eigenvalue weighted by Gasteiger charge is 2.29. The first-order valence-corrected chi connectivity index (χ1v) is 6.22. The van der Waals surface area contributed by atoms with Crippen molar-refractivity contribution in [2.45, 2.75) is 38.3 Å². The monoisotopic (exact) mass is 219 g/mol. The standard InChI is InChI=1S/C13H21N3/c1-2-12(10-14)16-9-3-4-13(16)11-5-7-15-8-6-11/h5-8,12-13H,2-4,9-10,14H2,1H3. The van der Waals surface area contributed by atoms with Crippen LogP contribution in [0.3, 0.4) is 0 Å². The summed E-state index contributed by atoms with van der Waals surface area (Å²) in [5.41, 5.74) is 7.24. The molecule has 3 heteroatoms. The zero-order chi connectivity index (χ0) is 11.4. The summed E-state index contributed by atoms with van der Waals surface area (Å²) < 4.78 is 0. The lowest BCUT2D eigenvalue weighted by Gasteiger charge is -2.31. The van der Waals surface area contributed by atoms with E-state index in [1.807, 2.05) is 12.4 Å². The molecule has 1 saturated heterocycles. The van der Waals surface area contributed by atoms with Crippen LogP contribution in [-0.4, -0.2) is 29.0 Å². The maximum atomic E-state index is 5.85. The van der Waals surface area contributed by atoms with Gasteiger partial charge in [0.15, 0.2) is 0 Å². The Morgan fingerprint density at radius 1 is 1.50 bits per heavy atom. The molecule has 2 unspecified atom stereocenters. The largest absolute Gasteiger partial charge is 0.329 e. The van der Waals surface area contributed by atoms with Gasteiger partial charge in [-0.25, -0.2) is 0 Å². The van der Waals surface area contributed by atoms with Crippen LogP contribution in [0, 0.1) is 0 Å². The maximum absolute atomic E-state index is 5.85. The summed E-state index contributed by atoms with van der Waals surface area (Å²) in [4.78, 5) is 6.65. The molecule has 2 rings (SSSR count). The van der Waals surface area contributed by atoms with E-state index in [4.69, 9.17) is 5.73 Å². The molecule has 16 heavy (non-hydrogen) atoms. The van der Waals surface area contributed by atoms with Crippen LogP contribution in [0.4, 0.5) is 0 Å². The summed E-state index contributed by atoms with van der Waals surface area (Å²) in [6.07, 6.45) is 7.44. The van der Waals surface area contributed by atoms with E-state index in [1.54, 1.807) is 0 Å². The summed E-state index contributed by atoms with van der Waals surface area (Å²) in [6, 6.07) is 5.34. The molecule has 1 aromatic rings. The first-order valence-electron chi connectivity index (χ1n) is 6.22. The summed E-state index contributed by atoms with van der Waals surface area (Å²) in [5.74, 6) is 0. The second kappa shape index (κ2) is 5.41. The van der Waals surface area contributed by atoms with Crippen LogP contribution in [0.25, 0.3) is 0 Å². The Balaban J connectivity index is 2.15. The molecule has 0 bridgehead atoms. The Bertz CT molecular complexity index is 308. The summed E-state index contributed by atoms with van der Waals surface area (Å²) >= 11 is 0. The molecule has 0 spiro atoms. The zero-order valence-electron chi connectivity index (χ0n) is 9.97. The molecule has 0 radical (unpaired) electrons. The number of rotatable bonds is 4. The lowest BCUT2D eigenvalue weighted by atomic mass is 10.0. The van der Waals surface area contributed by atoms with Crippen LogP contribution >= 0.6 is 0 Å². The Labute approximate surface area is 97.7 Å². The van der Waals surface area contributed by atoms with E-state index in [2.05, 4.69) is 28.9 Å². The Morgan fingerprint density at radius 2 is 2.25 bits per heavy atom. The van der Waals surface area contributed by atoms with Crippen LogP contribution in [0.2, 0.25) is 0 Å². The Kier molecular flexibility index (Phi) is 3.91. The predicted molar refractivity (Wildman–Crippen MR) is 66.1 cm³/mol. The molecule has 0 aromatic carbocycles. The minimum atomic E-state index is 0.528. The quantitative estimate of drug-likeness (QED) is 0.841. The van der Waals surface area contributed by atoms with Gasteiger partial charge in [-0.15, -0.1) is 0 Å². The van der Waals surface area contributed by atoms with Gasteiger partial charge in [-0.3, -0.25) is 9.88 Å². The van der Waals surface area contributed by atoms with Crippen molar-refractivity contribution in [3.63, 3.8) is 0 Å². The van der Waals surface area contributed by atoms with Crippen molar-refractivity contribution in [3.8, 4) is 0 Å². The van der Waals surface area contributed by atoms with Crippen LogP contribution in [0.1, 0.15) is 37.8 Å². The number of likely N-dealkylation sites (tertiary alicyclic amines) is 1. The van der Waals surface area contributed by atoms with Crippen molar-refractivity contribution in [2.75, 3.05) is 13.1 Å². The van der Waals surface area contributed by atoms with Gasteiger partial charge in [0.25, 0.3) is 0 Å². The lowest BCUT2D eigenvalue weighted by molar-refractivity contribution is 0.179. The molecular formula is C13H21N3. The third-order valence-corrected chi connectivity index (χ3v) is 3.60. The molecule has 2 atom stereocenters. The third-order valence-electron chi connectivity index (χ3n) is 3.60. The third kappa shape index (κ3) is 2.25. The molecule has 1 fully saturated rings. The maximum Gasteiger partial charge on any atom is 0.0353 e. The van der Waals surface area contributed by atoms with Crippen LogP contribution in [0.15, 0.2) is 24.5 Å². The summed E-state index contributed by atoms with van der Waals surface area (Å²) in [7, 11) is 0. The van der Waals surface area contributed by atoms with E-state index in [9.17, 15) is 0 Å². The Morgan fingerprint density at radius 3 is 2.88 bits per heavy atom. The molecule has 0 aliphatic carbocycles. The fraction of sp³-hybridized carbons (Fsp3) is 0.615. The van der Waals surface area contributed by atoms with E-state index in [1.165, 1.54) is 24.9 Å². The molecule has 1 aliphatic heterocycles. The van der Waals surface area contributed by atoms with Gasteiger partial charge in [0.2, 0.25) is 0 Å². The first kappa shape index (κ1) is 11.6. The number of aromatic nitrogens is 1. The highest BCUT2D eigenvalue weighted by Crippen LogP contribution is 2.33. The van der Waals surface area contributed by atoms with Gasteiger partial charge in [-0.1, -0.05) is 6.92 Å². The van der Waals surface area contributed by atoms with Crippen molar-refractivity contribution in [1.29, 1.82) is 0 Å². The first-order chi connectivity index (χ1) is 7.86. The van der Waals surface area contributed by atoms with Crippen molar-refractivity contribution in [1.82, 2.24) is 9.88 Å². The van der Waals surface area contributed by atoms with Gasteiger partial charge in [0, 0.05) is 31.0 Å². The van der Waals surface area contributed by atoms with Gasteiger partial charge in [0.1, 0.15) is 0 Å². The molecule has 0 saturated carbocycles. The Hall–Kier alpha value is -0.930. The molecular weight excluding hydrogens is 198 g/mol. The average molecular weight is 219 g/mol. The van der Waals surface area contributed by atoms with E-state index in [0.29, 0.717) is 12.1 Å². The van der Waals surface area contributed by atoms with E-state index < -0.39 is 0 Å². The van der Waals surface area contributed by atoms with Crippen LogP contribution in [0.5, 0.6) is 0 Å². The fourth-order valence-corrected chi connectivity index (χ4v) is 2.71.